The molecule has 3 heterocycles. The van der Waals surface area contributed by atoms with Crippen LogP contribution in [-0.2, 0) is 0 Å². The highest BCUT2D eigenvalue weighted by atomic mass is 16.6. The van der Waals surface area contributed by atoms with Crippen LogP contribution in [-0.4, -0.2) is 46.1 Å². The van der Waals surface area contributed by atoms with E-state index in [9.17, 15) is 10.1 Å². The molecule has 9 heteroatoms. The van der Waals surface area contributed by atoms with E-state index in [0.717, 1.165) is 24.2 Å². The van der Waals surface area contributed by atoms with Crippen LogP contribution in [0.5, 0.6) is 11.6 Å². The molecule has 35 heavy (non-hydrogen) atoms. The van der Waals surface area contributed by atoms with Crippen molar-refractivity contribution >= 4 is 28.1 Å². The monoisotopic (exact) mass is 470 g/mol. The van der Waals surface area contributed by atoms with Gasteiger partial charge in [0.25, 0.3) is 0 Å². The number of ether oxygens (including phenoxy) is 1. The zero-order valence-corrected chi connectivity index (χ0v) is 19.9. The summed E-state index contributed by atoms with van der Waals surface area (Å²) in [5.74, 6) is 0.594. The van der Waals surface area contributed by atoms with Gasteiger partial charge in [-0.3, -0.25) is 10.1 Å². The van der Waals surface area contributed by atoms with Gasteiger partial charge in [0.1, 0.15) is 11.8 Å². The van der Waals surface area contributed by atoms with E-state index in [2.05, 4.69) is 51.9 Å². The minimum atomic E-state index is -0.467. The fraction of sp³-hybridized carbons (Fsp3) is 0.269. The molecular weight excluding hydrogens is 444 g/mol. The summed E-state index contributed by atoms with van der Waals surface area (Å²) in [5.41, 5.74) is 4.92. The zero-order valence-electron chi connectivity index (χ0n) is 19.9. The topological polar surface area (TPSA) is 97.5 Å². The van der Waals surface area contributed by atoms with Crippen LogP contribution in [0.3, 0.4) is 0 Å². The first kappa shape index (κ1) is 22.5. The number of anilines is 2. The maximum Gasteiger partial charge on any atom is 0.373 e. The van der Waals surface area contributed by atoms with E-state index in [1.807, 2.05) is 36.1 Å². The molecule has 2 aromatic carbocycles. The number of piperazine rings is 1. The van der Waals surface area contributed by atoms with Crippen molar-refractivity contribution in [2.75, 3.05) is 36.0 Å². The van der Waals surface area contributed by atoms with Crippen LogP contribution in [0.15, 0.2) is 54.9 Å². The second-order valence-corrected chi connectivity index (χ2v) is 8.68. The summed E-state index contributed by atoms with van der Waals surface area (Å²) in [4.78, 5) is 28.9. The van der Waals surface area contributed by atoms with Gasteiger partial charge in [-0.25, -0.2) is 9.97 Å². The number of pyridine rings is 1. The predicted molar refractivity (Wildman–Crippen MR) is 136 cm³/mol. The number of nitrogens with zero attached hydrogens (tertiary/aromatic N) is 6. The lowest BCUT2D eigenvalue weighted by Gasteiger charge is -2.37. The molecule has 0 radical (unpaired) electrons. The Hall–Kier alpha value is -4.27. The van der Waals surface area contributed by atoms with Crippen molar-refractivity contribution in [1.82, 2.24) is 15.0 Å². The van der Waals surface area contributed by atoms with Crippen LogP contribution in [0.2, 0.25) is 0 Å². The van der Waals surface area contributed by atoms with Crippen LogP contribution < -0.4 is 14.5 Å². The van der Waals surface area contributed by atoms with Gasteiger partial charge in [0.2, 0.25) is 5.82 Å². The third kappa shape index (κ3) is 4.32. The number of fused-ring (bicyclic) bond motifs is 1. The van der Waals surface area contributed by atoms with Crippen LogP contribution in [0, 0.1) is 30.9 Å². The van der Waals surface area contributed by atoms with Gasteiger partial charge in [0, 0.05) is 42.9 Å². The van der Waals surface area contributed by atoms with Crippen molar-refractivity contribution in [2.45, 2.75) is 20.8 Å². The third-order valence-corrected chi connectivity index (χ3v) is 6.48. The van der Waals surface area contributed by atoms with Crippen molar-refractivity contribution in [3.63, 3.8) is 0 Å². The van der Waals surface area contributed by atoms with Gasteiger partial charge in [-0.05, 0) is 50.1 Å². The molecule has 0 spiro atoms. The summed E-state index contributed by atoms with van der Waals surface area (Å²) in [7, 11) is 0. The summed E-state index contributed by atoms with van der Waals surface area (Å²) in [6, 6.07) is 15.6. The van der Waals surface area contributed by atoms with E-state index in [1.165, 1.54) is 23.1 Å². The first-order chi connectivity index (χ1) is 16.9. The second-order valence-electron chi connectivity index (χ2n) is 8.68. The van der Waals surface area contributed by atoms with Crippen molar-refractivity contribution < 1.29 is 9.66 Å². The quantitative estimate of drug-likeness (QED) is 0.298. The molecule has 0 unspecified atom stereocenters. The molecule has 0 aliphatic carbocycles. The number of aryl methyl sites for hydroxylation is 2. The Morgan fingerprint density at radius 3 is 2.43 bits per heavy atom. The largest absolute Gasteiger partial charge is 0.431 e. The zero-order chi connectivity index (χ0) is 24.5. The van der Waals surface area contributed by atoms with Gasteiger partial charge in [-0.2, -0.15) is 4.98 Å². The molecule has 5 rings (SSSR count). The molecule has 0 bridgehead atoms. The summed E-state index contributed by atoms with van der Waals surface area (Å²) < 4.78 is 6.00. The summed E-state index contributed by atoms with van der Waals surface area (Å²) in [6.07, 6.45) is 1.32. The van der Waals surface area contributed by atoms with E-state index < -0.39 is 4.92 Å². The van der Waals surface area contributed by atoms with Gasteiger partial charge < -0.3 is 14.5 Å². The molecule has 4 aromatic rings. The van der Waals surface area contributed by atoms with Gasteiger partial charge >= 0.3 is 11.6 Å². The predicted octanol–water partition coefficient (Wildman–Crippen LogP) is 4.98. The minimum Gasteiger partial charge on any atom is -0.431 e. The average molecular weight is 471 g/mol. The van der Waals surface area contributed by atoms with Crippen molar-refractivity contribution in [3.8, 4) is 11.6 Å². The molecule has 0 atom stereocenters. The number of hydrogen-bond donors (Lipinski definition) is 0. The fourth-order valence-electron chi connectivity index (χ4n) is 4.46. The first-order valence-corrected chi connectivity index (χ1v) is 11.5. The molecule has 1 aliphatic rings. The molecular formula is C26H26N6O3. The molecule has 0 amide bonds. The number of aromatic nitrogens is 3. The number of benzene rings is 2. The van der Waals surface area contributed by atoms with E-state index in [0.29, 0.717) is 24.4 Å². The number of rotatable bonds is 5. The van der Waals surface area contributed by atoms with Crippen molar-refractivity contribution in [1.29, 1.82) is 0 Å². The van der Waals surface area contributed by atoms with E-state index in [-0.39, 0.29) is 17.4 Å². The standard InChI is InChI=1S/C26H26N6O3/c1-17-6-4-8-21(19(17)3)30-12-14-31(15-13-30)25-24(32(33)34)26(28-16-27-25)35-22-9-5-7-20-11-10-18(2)29-23(20)22/h4-11,16H,12-15H2,1-3H3. The summed E-state index contributed by atoms with van der Waals surface area (Å²) >= 11 is 0. The van der Waals surface area contributed by atoms with Crippen LogP contribution in [0.25, 0.3) is 10.9 Å². The minimum absolute atomic E-state index is 0.0900. The van der Waals surface area contributed by atoms with Crippen molar-refractivity contribution in [3.05, 3.63) is 81.8 Å². The Morgan fingerprint density at radius 1 is 0.914 bits per heavy atom. The fourth-order valence-corrected chi connectivity index (χ4v) is 4.46. The summed E-state index contributed by atoms with van der Waals surface area (Å²) in [5, 5.41) is 13.0. The lowest BCUT2D eigenvalue weighted by atomic mass is 10.1. The Balaban J connectivity index is 1.44. The highest BCUT2D eigenvalue weighted by Gasteiger charge is 2.31. The lowest BCUT2D eigenvalue weighted by Crippen LogP contribution is -2.47. The SMILES string of the molecule is Cc1ccc2cccc(Oc3ncnc(N4CCN(c5cccc(C)c5C)CC4)c3[N+](=O)[O-])c2n1. The van der Waals surface area contributed by atoms with Gasteiger partial charge in [-0.1, -0.05) is 30.3 Å². The Kier molecular flexibility index (Phi) is 5.90. The summed E-state index contributed by atoms with van der Waals surface area (Å²) in [6.45, 7) is 8.77. The third-order valence-electron chi connectivity index (χ3n) is 6.48. The van der Waals surface area contributed by atoms with Crippen LogP contribution in [0.4, 0.5) is 17.2 Å². The van der Waals surface area contributed by atoms with E-state index in [4.69, 9.17) is 4.74 Å². The molecule has 1 fully saturated rings. The Labute approximate surface area is 203 Å². The van der Waals surface area contributed by atoms with Gasteiger partial charge in [0.15, 0.2) is 5.75 Å². The van der Waals surface area contributed by atoms with Crippen molar-refractivity contribution in [2.24, 2.45) is 0 Å². The second kappa shape index (κ2) is 9.17. The number of para-hydroxylation sites is 1. The maximum atomic E-state index is 12.2. The molecule has 1 saturated heterocycles. The molecule has 9 nitrogen and oxygen atoms in total. The van der Waals surface area contributed by atoms with E-state index in [1.54, 1.807) is 6.07 Å². The Morgan fingerprint density at radius 2 is 1.66 bits per heavy atom. The van der Waals surface area contributed by atoms with Crippen LogP contribution in [0.1, 0.15) is 16.8 Å². The molecule has 0 N–H and O–H groups in total. The smallest absolute Gasteiger partial charge is 0.373 e. The molecule has 1 aliphatic heterocycles. The average Bonchev–Trinajstić information content (AvgIpc) is 2.86. The van der Waals surface area contributed by atoms with Gasteiger partial charge in [0.05, 0.1) is 4.92 Å². The van der Waals surface area contributed by atoms with Crippen LogP contribution >= 0.6 is 0 Å². The van der Waals surface area contributed by atoms with E-state index >= 15 is 0 Å². The lowest BCUT2D eigenvalue weighted by molar-refractivity contribution is -0.385. The maximum absolute atomic E-state index is 12.2. The van der Waals surface area contributed by atoms with Gasteiger partial charge in [-0.15, -0.1) is 0 Å². The highest BCUT2D eigenvalue weighted by molar-refractivity contribution is 5.85. The number of hydrogen-bond acceptors (Lipinski definition) is 8. The first-order valence-electron chi connectivity index (χ1n) is 11.5. The molecule has 0 saturated carbocycles. The number of nitro groups is 1. The highest BCUT2D eigenvalue weighted by Crippen LogP contribution is 2.38. The molecule has 178 valence electrons. The Bertz CT molecular complexity index is 1420. The molecule has 2 aromatic heterocycles. The normalized spacial score (nSPS) is 13.8.